The molecule has 2 rings (SSSR count). The number of amides is 2. The van der Waals surface area contributed by atoms with Gasteiger partial charge in [0.25, 0.3) is 11.8 Å². The fourth-order valence-corrected chi connectivity index (χ4v) is 2.52. The Kier molecular flexibility index (Phi) is 7.67. The zero-order valence-corrected chi connectivity index (χ0v) is 16.5. The van der Waals surface area contributed by atoms with Gasteiger partial charge in [-0.3, -0.25) is 9.59 Å². The fourth-order valence-electron chi connectivity index (χ4n) is 2.40. The van der Waals surface area contributed by atoms with E-state index in [4.69, 9.17) is 16.3 Å². The molecule has 0 aliphatic rings. The van der Waals surface area contributed by atoms with E-state index in [-0.39, 0.29) is 11.8 Å². The lowest BCUT2D eigenvalue weighted by Gasteiger charge is -2.15. The second-order valence-electron chi connectivity index (χ2n) is 6.54. The minimum atomic E-state index is -0.648. The minimum absolute atomic E-state index is 0.162. The molecular formula is C21H25ClN2O3. The molecule has 144 valence electrons. The van der Waals surface area contributed by atoms with Crippen LogP contribution < -0.4 is 15.4 Å². The van der Waals surface area contributed by atoms with Crippen molar-refractivity contribution in [3.63, 3.8) is 0 Å². The van der Waals surface area contributed by atoms with Gasteiger partial charge in [-0.25, -0.2) is 0 Å². The fraction of sp³-hybridized carbons (Fsp3) is 0.333. The Hall–Kier alpha value is -2.53. The summed E-state index contributed by atoms with van der Waals surface area (Å²) >= 11 is 5.82. The summed E-state index contributed by atoms with van der Waals surface area (Å²) in [5, 5.41) is 6.13. The van der Waals surface area contributed by atoms with Crippen molar-refractivity contribution in [3.8, 4) is 5.75 Å². The first kappa shape index (κ1) is 20.8. The number of hydrogen-bond acceptors (Lipinski definition) is 3. The molecule has 27 heavy (non-hydrogen) atoms. The second-order valence-corrected chi connectivity index (χ2v) is 6.97. The van der Waals surface area contributed by atoms with Gasteiger partial charge in [0.15, 0.2) is 6.10 Å². The average Bonchev–Trinajstić information content (AvgIpc) is 2.66. The summed E-state index contributed by atoms with van der Waals surface area (Å²) in [5.41, 5.74) is 1.79. The van der Waals surface area contributed by atoms with Crippen LogP contribution in [0.4, 0.5) is 0 Å². The summed E-state index contributed by atoms with van der Waals surface area (Å²) < 4.78 is 5.55. The Morgan fingerprint density at radius 2 is 1.52 bits per heavy atom. The molecular weight excluding hydrogens is 364 g/mol. The van der Waals surface area contributed by atoms with E-state index in [0.717, 1.165) is 0 Å². The molecule has 0 heterocycles. The largest absolute Gasteiger partial charge is 0.481 e. The standard InChI is InChI=1S/C21H25ClN2O3/c1-14(2)16-4-6-17(7-5-16)21(26)24-13-12-23-20(25)15(3)27-19-10-8-18(22)9-11-19/h4-11,14-15H,12-13H2,1-3H3,(H,23,25)(H,24,26). The van der Waals surface area contributed by atoms with Gasteiger partial charge in [-0.05, 0) is 54.8 Å². The van der Waals surface area contributed by atoms with Gasteiger partial charge in [-0.2, -0.15) is 0 Å². The Morgan fingerprint density at radius 3 is 2.11 bits per heavy atom. The number of carbonyl (C=O) groups excluding carboxylic acids is 2. The van der Waals surface area contributed by atoms with E-state index in [1.165, 1.54) is 5.56 Å². The van der Waals surface area contributed by atoms with Gasteiger partial charge >= 0.3 is 0 Å². The van der Waals surface area contributed by atoms with Crippen molar-refractivity contribution in [2.45, 2.75) is 32.8 Å². The van der Waals surface area contributed by atoms with E-state index < -0.39 is 6.10 Å². The molecule has 0 saturated carbocycles. The quantitative estimate of drug-likeness (QED) is 0.676. The van der Waals surface area contributed by atoms with Crippen molar-refractivity contribution >= 4 is 23.4 Å². The van der Waals surface area contributed by atoms with Crippen LogP contribution in [0.3, 0.4) is 0 Å². The number of nitrogens with one attached hydrogen (secondary N) is 2. The molecule has 5 nitrogen and oxygen atoms in total. The van der Waals surface area contributed by atoms with Crippen LogP contribution in [-0.2, 0) is 4.79 Å². The topological polar surface area (TPSA) is 67.4 Å². The lowest BCUT2D eigenvalue weighted by Crippen LogP contribution is -2.40. The van der Waals surface area contributed by atoms with Crippen molar-refractivity contribution < 1.29 is 14.3 Å². The molecule has 1 unspecified atom stereocenters. The van der Waals surface area contributed by atoms with Crippen LogP contribution >= 0.6 is 11.6 Å². The van der Waals surface area contributed by atoms with E-state index >= 15 is 0 Å². The monoisotopic (exact) mass is 388 g/mol. The highest BCUT2D eigenvalue weighted by atomic mass is 35.5. The molecule has 6 heteroatoms. The highest BCUT2D eigenvalue weighted by Crippen LogP contribution is 2.17. The molecule has 1 atom stereocenters. The predicted molar refractivity (Wildman–Crippen MR) is 107 cm³/mol. The summed E-state index contributed by atoms with van der Waals surface area (Å²) in [6.07, 6.45) is -0.648. The third kappa shape index (κ3) is 6.61. The van der Waals surface area contributed by atoms with Gasteiger partial charge < -0.3 is 15.4 Å². The van der Waals surface area contributed by atoms with Crippen molar-refractivity contribution in [2.24, 2.45) is 0 Å². The van der Waals surface area contributed by atoms with Crippen LogP contribution in [-0.4, -0.2) is 31.0 Å². The maximum absolute atomic E-state index is 12.1. The summed E-state index contributed by atoms with van der Waals surface area (Å²) in [6, 6.07) is 14.3. The smallest absolute Gasteiger partial charge is 0.260 e. The zero-order chi connectivity index (χ0) is 19.8. The Morgan fingerprint density at radius 1 is 0.926 bits per heavy atom. The van der Waals surface area contributed by atoms with Gasteiger partial charge in [0, 0.05) is 23.7 Å². The summed E-state index contributed by atoms with van der Waals surface area (Å²) in [5.74, 6) is 0.583. The molecule has 2 aromatic rings. The number of ether oxygens (including phenoxy) is 1. The number of carbonyl (C=O) groups is 2. The third-order valence-electron chi connectivity index (χ3n) is 4.05. The number of rotatable bonds is 8. The second kappa shape index (κ2) is 9.97. The molecule has 2 aromatic carbocycles. The van der Waals surface area contributed by atoms with E-state index in [1.54, 1.807) is 31.2 Å². The van der Waals surface area contributed by atoms with Gasteiger partial charge in [0.1, 0.15) is 5.75 Å². The number of halogens is 1. The molecule has 0 spiro atoms. The maximum atomic E-state index is 12.1. The van der Waals surface area contributed by atoms with Gasteiger partial charge in [0.2, 0.25) is 0 Å². The zero-order valence-electron chi connectivity index (χ0n) is 15.8. The minimum Gasteiger partial charge on any atom is -0.481 e. The molecule has 0 saturated heterocycles. The normalized spacial score (nSPS) is 11.7. The van der Waals surface area contributed by atoms with Gasteiger partial charge in [-0.15, -0.1) is 0 Å². The number of benzene rings is 2. The van der Waals surface area contributed by atoms with E-state index in [9.17, 15) is 9.59 Å². The SMILES string of the molecule is CC(Oc1ccc(Cl)cc1)C(=O)NCCNC(=O)c1ccc(C(C)C)cc1. The summed E-state index contributed by atoms with van der Waals surface area (Å²) in [6.45, 7) is 6.54. The predicted octanol–water partition coefficient (Wildman–Crippen LogP) is 3.78. The molecule has 0 bridgehead atoms. The first-order chi connectivity index (χ1) is 12.9. The van der Waals surface area contributed by atoms with Gasteiger partial charge in [-0.1, -0.05) is 37.6 Å². The van der Waals surface area contributed by atoms with Crippen molar-refractivity contribution in [1.29, 1.82) is 0 Å². The molecule has 0 aliphatic heterocycles. The number of hydrogen-bond donors (Lipinski definition) is 2. The van der Waals surface area contributed by atoms with E-state index in [2.05, 4.69) is 24.5 Å². The lowest BCUT2D eigenvalue weighted by atomic mass is 10.0. The van der Waals surface area contributed by atoms with Crippen molar-refractivity contribution in [1.82, 2.24) is 10.6 Å². The van der Waals surface area contributed by atoms with Crippen LogP contribution in [0.2, 0.25) is 5.02 Å². The molecule has 0 fully saturated rings. The van der Waals surface area contributed by atoms with Crippen molar-refractivity contribution in [2.75, 3.05) is 13.1 Å². The van der Waals surface area contributed by atoms with Crippen LogP contribution in [0.15, 0.2) is 48.5 Å². The first-order valence-electron chi connectivity index (χ1n) is 8.95. The highest BCUT2D eigenvalue weighted by Gasteiger charge is 2.14. The van der Waals surface area contributed by atoms with E-state index in [1.807, 2.05) is 24.3 Å². The molecule has 0 aromatic heterocycles. The average molecular weight is 389 g/mol. The first-order valence-corrected chi connectivity index (χ1v) is 9.32. The van der Waals surface area contributed by atoms with Gasteiger partial charge in [0.05, 0.1) is 0 Å². The Labute approximate surface area is 165 Å². The molecule has 0 radical (unpaired) electrons. The highest BCUT2D eigenvalue weighted by molar-refractivity contribution is 6.30. The summed E-state index contributed by atoms with van der Waals surface area (Å²) in [7, 11) is 0. The Bertz CT molecular complexity index is 758. The van der Waals surface area contributed by atoms with Crippen molar-refractivity contribution in [3.05, 3.63) is 64.7 Å². The third-order valence-corrected chi connectivity index (χ3v) is 4.30. The molecule has 0 aliphatic carbocycles. The van der Waals surface area contributed by atoms with Crippen LogP contribution in [0.5, 0.6) is 5.75 Å². The van der Waals surface area contributed by atoms with Crippen LogP contribution in [0, 0.1) is 0 Å². The molecule has 2 amide bonds. The maximum Gasteiger partial charge on any atom is 0.260 e. The summed E-state index contributed by atoms with van der Waals surface area (Å²) in [4.78, 5) is 24.2. The van der Waals surface area contributed by atoms with Crippen LogP contribution in [0.25, 0.3) is 0 Å². The van der Waals surface area contributed by atoms with Crippen LogP contribution in [0.1, 0.15) is 42.6 Å². The lowest BCUT2D eigenvalue weighted by molar-refractivity contribution is -0.127. The van der Waals surface area contributed by atoms with E-state index in [0.29, 0.717) is 35.3 Å². The Balaban J connectivity index is 1.71. The molecule has 2 N–H and O–H groups in total.